The van der Waals surface area contributed by atoms with Crippen molar-refractivity contribution in [3.63, 3.8) is 0 Å². The number of hydrogen-bond acceptors (Lipinski definition) is 5. The molecule has 4 aromatic rings. The number of aliphatic hydroxyl groups excluding tert-OH is 1. The van der Waals surface area contributed by atoms with Gasteiger partial charge < -0.3 is 14.6 Å². The van der Waals surface area contributed by atoms with E-state index in [1.54, 1.807) is 24.3 Å². The second kappa shape index (κ2) is 10.9. The minimum absolute atomic E-state index is 0.0750. The number of aliphatic hydroxyl groups is 1. The topological polar surface area (TPSA) is 64.5 Å². The van der Waals surface area contributed by atoms with Crippen LogP contribution in [0.1, 0.15) is 33.9 Å². The number of hydrogen-bond donors (Lipinski definition) is 1. The molecule has 12 heteroatoms. The molecular formula is C26H17ClF6N2O3. The molecule has 0 spiro atoms. The molecule has 38 heavy (non-hydrogen) atoms. The van der Waals surface area contributed by atoms with Crippen LogP contribution in [-0.2, 0) is 18.2 Å². The fourth-order valence-electron chi connectivity index (χ4n) is 3.37. The highest BCUT2D eigenvalue weighted by molar-refractivity contribution is 6.17. The third-order valence-corrected chi connectivity index (χ3v) is 5.54. The quantitative estimate of drug-likeness (QED) is 0.186. The molecule has 4 rings (SSSR count). The van der Waals surface area contributed by atoms with Gasteiger partial charge in [-0.2, -0.15) is 26.3 Å². The largest absolute Gasteiger partial charge is 0.439 e. The third-order valence-electron chi connectivity index (χ3n) is 5.23. The number of pyridine rings is 2. The molecule has 2 heterocycles. The van der Waals surface area contributed by atoms with Gasteiger partial charge in [-0.15, -0.1) is 11.6 Å². The second-order valence-corrected chi connectivity index (χ2v) is 8.23. The minimum atomic E-state index is -4.74. The monoisotopic (exact) mass is 554 g/mol. The molecule has 0 amide bonds. The van der Waals surface area contributed by atoms with E-state index in [0.29, 0.717) is 18.0 Å². The summed E-state index contributed by atoms with van der Waals surface area (Å²) in [6.07, 6.45) is -9.75. The highest BCUT2D eigenvalue weighted by atomic mass is 35.5. The van der Waals surface area contributed by atoms with E-state index < -0.39 is 29.6 Å². The number of alkyl halides is 7. The van der Waals surface area contributed by atoms with Gasteiger partial charge in [-0.25, -0.2) is 9.97 Å². The molecule has 0 fully saturated rings. The van der Waals surface area contributed by atoms with E-state index in [2.05, 4.69) is 9.97 Å². The van der Waals surface area contributed by atoms with Crippen molar-refractivity contribution in [2.24, 2.45) is 0 Å². The summed E-state index contributed by atoms with van der Waals surface area (Å²) in [5.41, 5.74) is -1.54. The highest BCUT2D eigenvalue weighted by Gasteiger charge is 2.33. The maximum absolute atomic E-state index is 13.4. The fourth-order valence-corrected chi connectivity index (χ4v) is 3.53. The van der Waals surface area contributed by atoms with Crippen molar-refractivity contribution in [1.29, 1.82) is 0 Å². The van der Waals surface area contributed by atoms with Crippen LogP contribution in [0.4, 0.5) is 26.3 Å². The Labute approximate surface area is 217 Å². The average molecular weight is 555 g/mol. The summed E-state index contributed by atoms with van der Waals surface area (Å²) >= 11 is 5.83. The van der Waals surface area contributed by atoms with Gasteiger partial charge in [-0.05, 0) is 47.5 Å². The highest BCUT2D eigenvalue weighted by Crippen LogP contribution is 2.38. The lowest BCUT2D eigenvalue weighted by molar-refractivity contribution is -0.138. The number of aromatic nitrogens is 2. The van der Waals surface area contributed by atoms with E-state index in [1.807, 2.05) is 0 Å². The normalized spacial score (nSPS) is 12.7. The van der Waals surface area contributed by atoms with Crippen molar-refractivity contribution in [3.8, 4) is 23.3 Å². The van der Waals surface area contributed by atoms with Crippen molar-refractivity contribution in [2.75, 3.05) is 0 Å². The number of benzene rings is 2. The first-order valence-electron chi connectivity index (χ1n) is 10.8. The zero-order chi connectivity index (χ0) is 27.5. The van der Waals surface area contributed by atoms with Gasteiger partial charge in [0.05, 0.1) is 11.1 Å². The Balaban J connectivity index is 1.65. The smallest absolute Gasteiger partial charge is 0.417 e. The van der Waals surface area contributed by atoms with Gasteiger partial charge >= 0.3 is 12.4 Å². The first-order chi connectivity index (χ1) is 17.9. The van der Waals surface area contributed by atoms with Gasteiger partial charge in [0.15, 0.2) is 0 Å². The summed E-state index contributed by atoms with van der Waals surface area (Å²) in [4.78, 5) is 7.41. The zero-order valence-corrected chi connectivity index (χ0v) is 19.8. The van der Waals surface area contributed by atoms with Crippen molar-refractivity contribution >= 4 is 11.6 Å². The van der Waals surface area contributed by atoms with Crippen LogP contribution >= 0.6 is 11.6 Å². The van der Waals surface area contributed by atoms with Gasteiger partial charge in [0.25, 0.3) is 0 Å². The van der Waals surface area contributed by atoms with E-state index in [9.17, 15) is 31.4 Å². The molecule has 0 aliphatic rings. The lowest BCUT2D eigenvalue weighted by Gasteiger charge is -2.18. The van der Waals surface area contributed by atoms with Crippen molar-refractivity contribution in [3.05, 3.63) is 107 Å². The molecule has 0 bridgehead atoms. The summed E-state index contributed by atoms with van der Waals surface area (Å²) in [6, 6.07) is 14.7. The third kappa shape index (κ3) is 6.53. The fraction of sp³-hybridized carbons (Fsp3) is 0.154. The maximum atomic E-state index is 13.4. The molecule has 0 aliphatic heterocycles. The van der Waals surface area contributed by atoms with Crippen LogP contribution < -0.4 is 9.47 Å². The molecule has 0 saturated heterocycles. The average Bonchev–Trinajstić information content (AvgIpc) is 2.88. The molecule has 0 aliphatic carbocycles. The molecular weight excluding hydrogens is 538 g/mol. The van der Waals surface area contributed by atoms with Gasteiger partial charge in [-0.3, -0.25) is 0 Å². The maximum Gasteiger partial charge on any atom is 0.417 e. The van der Waals surface area contributed by atoms with E-state index in [1.165, 1.54) is 24.3 Å². The van der Waals surface area contributed by atoms with Gasteiger partial charge in [0, 0.05) is 29.9 Å². The van der Waals surface area contributed by atoms with E-state index >= 15 is 0 Å². The summed E-state index contributed by atoms with van der Waals surface area (Å²) in [5, 5.41) is 11.1. The number of rotatable bonds is 7. The molecule has 2 aromatic carbocycles. The second-order valence-electron chi connectivity index (χ2n) is 7.96. The predicted octanol–water partition coefficient (Wildman–Crippen LogP) is 7.92. The standard InChI is InChI=1S/C26H17ClF6N2O3/c27-12-15-3-1-5-19(9-15)38-24-21(11-18(14-35-24)26(31,32)33)23(36)16-4-2-6-20(10-16)37-22-8-7-17(13-34-22)25(28,29)30/h1-11,13-14,23,36H,12H2. The molecule has 1 N–H and O–H groups in total. The van der Waals surface area contributed by atoms with Crippen LogP contribution in [0.5, 0.6) is 23.3 Å². The number of ether oxygens (including phenoxy) is 2. The van der Waals surface area contributed by atoms with Gasteiger partial charge in [0.1, 0.15) is 17.6 Å². The Morgan fingerprint density at radius 1 is 0.763 bits per heavy atom. The molecule has 1 unspecified atom stereocenters. The first kappa shape index (κ1) is 27.2. The summed E-state index contributed by atoms with van der Waals surface area (Å²) in [7, 11) is 0. The van der Waals surface area contributed by atoms with E-state index in [4.69, 9.17) is 21.1 Å². The minimum Gasteiger partial charge on any atom is -0.439 e. The summed E-state index contributed by atoms with van der Waals surface area (Å²) < 4.78 is 89.7. The van der Waals surface area contributed by atoms with Crippen molar-refractivity contribution < 1.29 is 40.9 Å². The lowest BCUT2D eigenvalue weighted by Crippen LogP contribution is -2.10. The van der Waals surface area contributed by atoms with Crippen LogP contribution in [0, 0.1) is 0 Å². The van der Waals surface area contributed by atoms with Crippen LogP contribution in [0.15, 0.2) is 79.1 Å². The van der Waals surface area contributed by atoms with Crippen LogP contribution in [-0.4, -0.2) is 15.1 Å². The SMILES string of the molecule is OC(c1cccc(Oc2ccc(C(F)(F)F)cn2)c1)c1cc(C(F)(F)F)cnc1Oc1cccc(CCl)c1. The Morgan fingerprint density at radius 2 is 1.42 bits per heavy atom. The van der Waals surface area contributed by atoms with Crippen LogP contribution in [0.25, 0.3) is 0 Å². The zero-order valence-electron chi connectivity index (χ0n) is 19.1. The summed E-state index contributed by atoms with van der Waals surface area (Å²) in [5.74, 6) is 0.0649. The van der Waals surface area contributed by atoms with Gasteiger partial charge in [-0.1, -0.05) is 24.3 Å². The Kier molecular flexibility index (Phi) is 7.79. The first-order valence-corrected chi connectivity index (χ1v) is 11.4. The lowest BCUT2D eigenvalue weighted by atomic mass is 10.0. The Hall–Kier alpha value is -3.83. The van der Waals surface area contributed by atoms with Crippen LogP contribution in [0.3, 0.4) is 0 Å². The van der Waals surface area contributed by atoms with E-state index in [0.717, 1.165) is 18.2 Å². The number of halogens is 7. The Bertz CT molecular complexity index is 1410. The molecule has 198 valence electrons. The van der Waals surface area contributed by atoms with Crippen LogP contribution in [0.2, 0.25) is 0 Å². The molecule has 0 saturated carbocycles. The predicted molar refractivity (Wildman–Crippen MR) is 125 cm³/mol. The van der Waals surface area contributed by atoms with Crippen molar-refractivity contribution in [2.45, 2.75) is 24.3 Å². The summed E-state index contributed by atoms with van der Waals surface area (Å²) in [6.45, 7) is 0. The Morgan fingerprint density at radius 3 is 2.05 bits per heavy atom. The molecule has 1 atom stereocenters. The molecule has 0 radical (unpaired) electrons. The van der Waals surface area contributed by atoms with E-state index in [-0.39, 0.29) is 40.3 Å². The van der Waals surface area contributed by atoms with Crippen molar-refractivity contribution in [1.82, 2.24) is 9.97 Å². The number of nitrogens with zero attached hydrogens (tertiary/aromatic N) is 2. The van der Waals surface area contributed by atoms with Gasteiger partial charge in [0.2, 0.25) is 11.8 Å². The molecule has 2 aromatic heterocycles. The molecule has 5 nitrogen and oxygen atoms in total.